The van der Waals surface area contributed by atoms with Crippen LogP contribution in [0.3, 0.4) is 0 Å². The molecule has 2 aromatic rings. The van der Waals surface area contributed by atoms with Crippen LogP contribution >= 0.6 is 11.3 Å². The molecule has 0 radical (unpaired) electrons. The van der Waals surface area contributed by atoms with Gasteiger partial charge in [0.15, 0.2) is 0 Å². The van der Waals surface area contributed by atoms with Crippen LogP contribution < -0.4 is 5.32 Å². The van der Waals surface area contributed by atoms with E-state index in [-0.39, 0.29) is 23.7 Å². The van der Waals surface area contributed by atoms with E-state index < -0.39 is 0 Å². The Kier molecular flexibility index (Phi) is 5.13. The molecule has 1 saturated heterocycles. The molecule has 1 unspecified atom stereocenters. The summed E-state index contributed by atoms with van der Waals surface area (Å²) >= 11 is 1.36. The van der Waals surface area contributed by atoms with Crippen LogP contribution in [0.15, 0.2) is 24.3 Å². The third-order valence-corrected chi connectivity index (χ3v) is 5.31. The van der Waals surface area contributed by atoms with E-state index in [1.807, 2.05) is 13.8 Å². The molecular weight excluding hydrogens is 341 g/mol. The second-order valence-electron chi connectivity index (χ2n) is 6.24. The molecule has 132 valence electrons. The van der Waals surface area contributed by atoms with Crippen molar-refractivity contribution < 1.29 is 14.0 Å². The van der Waals surface area contributed by atoms with Gasteiger partial charge in [-0.2, -0.15) is 0 Å². The Hall–Kier alpha value is -2.28. The number of hydrogen-bond donors (Lipinski definition) is 1. The minimum atomic E-state index is -0.266. The highest BCUT2D eigenvalue weighted by Crippen LogP contribution is 2.19. The predicted molar refractivity (Wildman–Crippen MR) is 94.1 cm³/mol. The lowest BCUT2D eigenvalue weighted by Crippen LogP contribution is -2.37. The summed E-state index contributed by atoms with van der Waals surface area (Å²) in [5.74, 6) is -0.400. The van der Waals surface area contributed by atoms with Crippen molar-refractivity contribution in [2.24, 2.45) is 0 Å². The number of aryl methyl sites for hydroxylation is 2. The molecule has 0 spiro atoms. The average molecular weight is 361 g/mol. The molecule has 0 aliphatic carbocycles. The van der Waals surface area contributed by atoms with Crippen LogP contribution in [0, 0.1) is 19.7 Å². The van der Waals surface area contributed by atoms with Crippen LogP contribution in [0.1, 0.15) is 32.4 Å². The number of nitrogens with one attached hydrogen (secondary N) is 1. The summed E-state index contributed by atoms with van der Waals surface area (Å²) in [6.45, 7) is 4.75. The third-order valence-electron chi connectivity index (χ3n) is 4.24. The number of nitrogens with zero attached hydrogens (tertiary/aromatic N) is 2. The third kappa shape index (κ3) is 4.22. The van der Waals surface area contributed by atoms with Crippen molar-refractivity contribution in [3.63, 3.8) is 0 Å². The summed E-state index contributed by atoms with van der Waals surface area (Å²) in [5, 5.41) is 3.79. The highest BCUT2D eigenvalue weighted by molar-refractivity contribution is 7.13. The minimum absolute atomic E-state index is 0.0321. The van der Waals surface area contributed by atoms with Crippen molar-refractivity contribution in [3.8, 4) is 0 Å². The van der Waals surface area contributed by atoms with Crippen molar-refractivity contribution in [2.45, 2.75) is 32.7 Å². The lowest BCUT2D eigenvalue weighted by atomic mass is 10.1. The summed E-state index contributed by atoms with van der Waals surface area (Å²) in [4.78, 5) is 31.1. The molecule has 2 heterocycles. The molecule has 7 heteroatoms. The molecule has 1 atom stereocenters. The quantitative estimate of drug-likeness (QED) is 0.890. The van der Waals surface area contributed by atoms with E-state index in [0.29, 0.717) is 30.8 Å². The number of rotatable bonds is 5. The molecule has 1 aliphatic rings. The Bertz CT molecular complexity index is 788. The summed E-state index contributed by atoms with van der Waals surface area (Å²) in [7, 11) is 0. The van der Waals surface area contributed by atoms with E-state index in [0.717, 1.165) is 16.3 Å². The number of benzene rings is 1. The summed E-state index contributed by atoms with van der Waals surface area (Å²) < 4.78 is 12.9. The SMILES string of the molecule is Cc1nc(C)c(C(=O)NC2CC(=O)N(CCc3ccc(F)cc3)C2)s1. The average Bonchev–Trinajstić information content (AvgIpc) is 3.08. The molecule has 0 saturated carbocycles. The molecule has 3 rings (SSSR count). The Morgan fingerprint density at radius 3 is 2.72 bits per heavy atom. The molecule has 0 bridgehead atoms. The Morgan fingerprint density at radius 1 is 1.36 bits per heavy atom. The zero-order chi connectivity index (χ0) is 18.0. The van der Waals surface area contributed by atoms with Gasteiger partial charge in [0.25, 0.3) is 5.91 Å². The summed E-state index contributed by atoms with van der Waals surface area (Å²) in [5.41, 5.74) is 1.70. The Morgan fingerprint density at radius 2 is 2.08 bits per heavy atom. The topological polar surface area (TPSA) is 62.3 Å². The highest BCUT2D eigenvalue weighted by atomic mass is 32.1. The molecule has 1 aromatic carbocycles. The van der Waals surface area contributed by atoms with Crippen LogP contribution in [0.2, 0.25) is 0 Å². The largest absolute Gasteiger partial charge is 0.346 e. The number of thiazole rings is 1. The second kappa shape index (κ2) is 7.31. The van der Waals surface area contributed by atoms with E-state index in [2.05, 4.69) is 10.3 Å². The number of amides is 2. The van der Waals surface area contributed by atoms with Gasteiger partial charge in [0, 0.05) is 19.5 Å². The van der Waals surface area contributed by atoms with Crippen molar-refractivity contribution in [2.75, 3.05) is 13.1 Å². The fraction of sp³-hybridized carbons (Fsp3) is 0.389. The predicted octanol–water partition coefficient (Wildman–Crippen LogP) is 2.47. The fourth-order valence-corrected chi connectivity index (χ4v) is 3.82. The van der Waals surface area contributed by atoms with Crippen molar-refractivity contribution in [1.82, 2.24) is 15.2 Å². The van der Waals surface area contributed by atoms with E-state index in [4.69, 9.17) is 0 Å². The first-order valence-corrected chi connectivity index (χ1v) is 9.01. The molecular formula is C18H20FN3O2S. The van der Waals surface area contributed by atoms with Crippen molar-refractivity contribution >= 4 is 23.2 Å². The van der Waals surface area contributed by atoms with Crippen LogP contribution in [0.25, 0.3) is 0 Å². The van der Waals surface area contributed by atoms with Gasteiger partial charge in [-0.3, -0.25) is 9.59 Å². The molecule has 1 aliphatic heterocycles. The molecule has 1 fully saturated rings. The highest BCUT2D eigenvalue weighted by Gasteiger charge is 2.31. The maximum Gasteiger partial charge on any atom is 0.263 e. The van der Waals surface area contributed by atoms with Gasteiger partial charge in [0.1, 0.15) is 10.7 Å². The lowest BCUT2D eigenvalue weighted by molar-refractivity contribution is -0.127. The van der Waals surface area contributed by atoms with Gasteiger partial charge in [-0.25, -0.2) is 9.37 Å². The number of likely N-dealkylation sites (tertiary alicyclic amines) is 1. The van der Waals surface area contributed by atoms with Gasteiger partial charge in [-0.1, -0.05) is 12.1 Å². The number of carbonyl (C=O) groups excluding carboxylic acids is 2. The van der Waals surface area contributed by atoms with Gasteiger partial charge < -0.3 is 10.2 Å². The zero-order valence-electron chi connectivity index (χ0n) is 14.2. The zero-order valence-corrected chi connectivity index (χ0v) is 15.0. The Labute approximate surface area is 149 Å². The lowest BCUT2D eigenvalue weighted by Gasteiger charge is -2.17. The molecule has 5 nitrogen and oxygen atoms in total. The first-order chi connectivity index (χ1) is 11.9. The van der Waals surface area contributed by atoms with Crippen LogP contribution in [-0.2, 0) is 11.2 Å². The molecule has 1 N–H and O–H groups in total. The van der Waals surface area contributed by atoms with Gasteiger partial charge >= 0.3 is 0 Å². The van der Waals surface area contributed by atoms with E-state index in [1.54, 1.807) is 17.0 Å². The van der Waals surface area contributed by atoms with E-state index in [9.17, 15) is 14.0 Å². The second-order valence-corrected chi connectivity index (χ2v) is 7.44. The number of hydrogen-bond acceptors (Lipinski definition) is 4. The van der Waals surface area contributed by atoms with Gasteiger partial charge in [-0.05, 0) is 38.0 Å². The summed E-state index contributed by atoms with van der Waals surface area (Å²) in [6.07, 6.45) is 0.978. The van der Waals surface area contributed by atoms with E-state index >= 15 is 0 Å². The smallest absolute Gasteiger partial charge is 0.263 e. The normalized spacial score (nSPS) is 17.2. The van der Waals surface area contributed by atoms with Crippen molar-refractivity contribution in [3.05, 3.63) is 51.2 Å². The first-order valence-electron chi connectivity index (χ1n) is 8.19. The maximum absolute atomic E-state index is 12.9. The van der Waals surface area contributed by atoms with Crippen LogP contribution in [0.4, 0.5) is 4.39 Å². The minimum Gasteiger partial charge on any atom is -0.346 e. The number of halogens is 1. The molecule has 25 heavy (non-hydrogen) atoms. The fourth-order valence-electron chi connectivity index (χ4n) is 2.99. The van der Waals surface area contributed by atoms with Crippen LogP contribution in [0.5, 0.6) is 0 Å². The molecule has 1 aromatic heterocycles. The van der Waals surface area contributed by atoms with Gasteiger partial charge in [0.05, 0.1) is 16.7 Å². The number of carbonyl (C=O) groups is 2. The molecule has 2 amide bonds. The Balaban J connectivity index is 1.54. The van der Waals surface area contributed by atoms with Crippen molar-refractivity contribution in [1.29, 1.82) is 0 Å². The standard InChI is InChI=1S/C18H20FN3O2S/c1-11-17(25-12(2)20-11)18(24)21-15-9-16(23)22(10-15)8-7-13-3-5-14(19)6-4-13/h3-6,15H,7-10H2,1-2H3,(H,21,24). The monoisotopic (exact) mass is 361 g/mol. The maximum atomic E-state index is 12.9. The van der Waals surface area contributed by atoms with E-state index in [1.165, 1.54) is 23.5 Å². The summed E-state index contributed by atoms with van der Waals surface area (Å²) in [6, 6.07) is 6.11. The van der Waals surface area contributed by atoms with Crippen LogP contribution in [-0.4, -0.2) is 40.8 Å². The van der Waals surface area contributed by atoms with Gasteiger partial charge in [-0.15, -0.1) is 11.3 Å². The van der Waals surface area contributed by atoms with Gasteiger partial charge in [0.2, 0.25) is 5.91 Å². The number of aromatic nitrogens is 1. The first kappa shape index (κ1) is 17.5.